The van der Waals surface area contributed by atoms with E-state index >= 15 is 0 Å². The topological polar surface area (TPSA) is 64.9 Å². The molecule has 2 aromatic rings. The molecular weight excluding hydrogens is 250 g/mol. The minimum Gasteiger partial charge on any atom is -0.370 e. The highest BCUT2D eigenvalue weighted by Gasteiger charge is 2.29. The lowest BCUT2D eigenvalue weighted by Crippen LogP contribution is -2.19. The third-order valence-corrected chi connectivity index (χ3v) is 3.34. The number of hydrogen-bond donors (Lipinski definition) is 2. The van der Waals surface area contributed by atoms with Gasteiger partial charge >= 0.3 is 0 Å². The lowest BCUT2D eigenvalue weighted by atomic mass is 10.1. The van der Waals surface area contributed by atoms with Gasteiger partial charge in [0.1, 0.15) is 6.04 Å². The van der Waals surface area contributed by atoms with Gasteiger partial charge in [-0.15, -0.1) is 0 Å². The van der Waals surface area contributed by atoms with E-state index in [1.807, 2.05) is 48.5 Å². The maximum absolute atomic E-state index is 12.0. The molecule has 1 aliphatic rings. The lowest BCUT2D eigenvalue weighted by Gasteiger charge is -2.13. The minimum atomic E-state index is -0.368. The molecule has 0 bridgehead atoms. The molecule has 20 heavy (non-hydrogen) atoms. The van der Waals surface area contributed by atoms with E-state index in [-0.39, 0.29) is 11.9 Å². The van der Waals surface area contributed by atoms with Gasteiger partial charge in [-0.05, 0) is 23.8 Å². The van der Waals surface area contributed by atoms with Crippen molar-refractivity contribution in [2.24, 2.45) is 0 Å². The van der Waals surface area contributed by atoms with E-state index in [1.54, 1.807) is 0 Å². The molecule has 1 amide bonds. The fourth-order valence-corrected chi connectivity index (χ4v) is 2.33. The molecule has 98 valence electrons. The average molecular weight is 263 g/mol. The Morgan fingerprint density at radius 2 is 1.90 bits per heavy atom. The van der Waals surface area contributed by atoms with Crippen molar-refractivity contribution in [1.29, 1.82) is 5.26 Å². The van der Waals surface area contributed by atoms with E-state index in [2.05, 4.69) is 16.7 Å². The highest BCUT2D eigenvalue weighted by atomic mass is 16.2. The van der Waals surface area contributed by atoms with Crippen LogP contribution >= 0.6 is 0 Å². The zero-order valence-electron chi connectivity index (χ0n) is 10.8. The smallest absolute Gasteiger partial charge is 0.251 e. The van der Waals surface area contributed by atoms with Gasteiger partial charge in [-0.3, -0.25) is 4.79 Å². The molecule has 1 atom stereocenters. The number of amides is 1. The molecule has 3 rings (SSSR count). The standard InChI is InChI=1S/C16H13N3O/c17-10-9-11-5-7-12(8-6-11)18-15-13-3-1-2-4-14(13)19-16(15)20/h1-8,15,18H,9H2,(H,19,20). The van der Waals surface area contributed by atoms with Crippen molar-refractivity contribution in [2.75, 3.05) is 10.6 Å². The zero-order chi connectivity index (χ0) is 13.9. The van der Waals surface area contributed by atoms with Gasteiger partial charge in [0.2, 0.25) is 0 Å². The molecule has 0 saturated heterocycles. The van der Waals surface area contributed by atoms with Gasteiger partial charge in [0.15, 0.2) is 0 Å². The number of rotatable bonds is 3. The molecule has 1 unspecified atom stereocenters. The number of para-hydroxylation sites is 1. The zero-order valence-corrected chi connectivity index (χ0v) is 10.8. The molecule has 1 aliphatic heterocycles. The van der Waals surface area contributed by atoms with Crippen LogP contribution in [0, 0.1) is 11.3 Å². The fourth-order valence-electron chi connectivity index (χ4n) is 2.33. The monoisotopic (exact) mass is 263 g/mol. The van der Waals surface area contributed by atoms with Gasteiger partial charge in [0.05, 0.1) is 12.5 Å². The first-order chi connectivity index (χ1) is 9.78. The Kier molecular flexibility index (Phi) is 3.10. The molecular formula is C16H13N3O. The molecule has 2 aromatic carbocycles. The molecule has 4 heteroatoms. The maximum atomic E-state index is 12.0. The first-order valence-corrected chi connectivity index (χ1v) is 6.40. The SMILES string of the molecule is N#CCc1ccc(NC2C(=O)Nc3ccccc32)cc1. The maximum Gasteiger partial charge on any atom is 0.251 e. The number of anilines is 2. The van der Waals surface area contributed by atoms with Gasteiger partial charge < -0.3 is 10.6 Å². The molecule has 1 heterocycles. The molecule has 0 aliphatic carbocycles. The molecule has 0 aromatic heterocycles. The van der Waals surface area contributed by atoms with Crippen LogP contribution in [0.4, 0.5) is 11.4 Å². The second-order valence-electron chi connectivity index (χ2n) is 4.69. The number of benzene rings is 2. The number of nitrogens with zero attached hydrogens (tertiary/aromatic N) is 1. The van der Waals surface area contributed by atoms with Crippen molar-refractivity contribution >= 4 is 17.3 Å². The van der Waals surface area contributed by atoms with E-state index in [1.165, 1.54) is 0 Å². The predicted octanol–water partition coefficient (Wildman–Crippen LogP) is 2.86. The van der Waals surface area contributed by atoms with Gasteiger partial charge in [0.25, 0.3) is 5.91 Å². The summed E-state index contributed by atoms with van der Waals surface area (Å²) >= 11 is 0. The number of carbonyl (C=O) groups is 1. The van der Waals surface area contributed by atoms with Crippen LogP contribution in [0.3, 0.4) is 0 Å². The van der Waals surface area contributed by atoms with E-state index < -0.39 is 0 Å². The van der Waals surface area contributed by atoms with E-state index in [4.69, 9.17) is 5.26 Å². The van der Waals surface area contributed by atoms with E-state index in [0.29, 0.717) is 6.42 Å². The number of fused-ring (bicyclic) bond motifs is 1. The summed E-state index contributed by atoms with van der Waals surface area (Å²) < 4.78 is 0. The van der Waals surface area contributed by atoms with Gasteiger partial charge in [-0.25, -0.2) is 0 Å². The summed E-state index contributed by atoms with van der Waals surface area (Å²) in [5.74, 6) is -0.0488. The fraction of sp³-hybridized carbons (Fsp3) is 0.125. The lowest BCUT2D eigenvalue weighted by molar-refractivity contribution is -0.116. The van der Waals surface area contributed by atoms with Crippen LogP contribution in [0.1, 0.15) is 17.2 Å². The first kappa shape index (κ1) is 12.2. The van der Waals surface area contributed by atoms with Crippen LogP contribution < -0.4 is 10.6 Å². The molecule has 4 nitrogen and oxygen atoms in total. The van der Waals surface area contributed by atoms with Gasteiger partial charge in [0, 0.05) is 16.9 Å². The summed E-state index contributed by atoms with van der Waals surface area (Å²) in [5, 5.41) is 14.7. The Hall–Kier alpha value is -2.80. The third kappa shape index (κ3) is 2.21. The summed E-state index contributed by atoms with van der Waals surface area (Å²) in [6.07, 6.45) is 0.396. The van der Waals surface area contributed by atoms with Crippen molar-refractivity contribution in [2.45, 2.75) is 12.5 Å². The Labute approximate surface area is 117 Å². The normalized spacial score (nSPS) is 16.1. The van der Waals surface area contributed by atoms with Crippen LogP contribution in [0.5, 0.6) is 0 Å². The summed E-state index contributed by atoms with van der Waals surface area (Å²) in [6.45, 7) is 0. The summed E-state index contributed by atoms with van der Waals surface area (Å²) in [7, 11) is 0. The Bertz CT molecular complexity index is 686. The number of carbonyl (C=O) groups excluding carboxylic acids is 1. The Morgan fingerprint density at radius 1 is 1.15 bits per heavy atom. The van der Waals surface area contributed by atoms with Crippen LogP contribution in [0.2, 0.25) is 0 Å². The van der Waals surface area contributed by atoms with Crippen LogP contribution in [0.25, 0.3) is 0 Å². The number of nitrogens with one attached hydrogen (secondary N) is 2. The molecule has 0 fully saturated rings. The highest BCUT2D eigenvalue weighted by molar-refractivity contribution is 6.04. The Balaban J connectivity index is 1.81. The van der Waals surface area contributed by atoms with Crippen LogP contribution in [-0.4, -0.2) is 5.91 Å². The van der Waals surface area contributed by atoms with Gasteiger partial charge in [-0.2, -0.15) is 5.26 Å². The molecule has 0 spiro atoms. The van der Waals surface area contributed by atoms with Gasteiger partial charge in [-0.1, -0.05) is 30.3 Å². The Morgan fingerprint density at radius 3 is 2.65 bits per heavy atom. The van der Waals surface area contributed by atoms with E-state index in [0.717, 1.165) is 22.5 Å². The van der Waals surface area contributed by atoms with Crippen LogP contribution in [0.15, 0.2) is 48.5 Å². The number of nitriles is 1. The summed E-state index contributed by atoms with van der Waals surface area (Å²) in [4.78, 5) is 12.0. The third-order valence-electron chi connectivity index (χ3n) is 3.34. The summed E-state index contributed by atoms with van der Waals surface area (Å²) in [5.41, 5.74) is 3.65. The summed E-state index contributed by atoms with van der Waals surface area (Å²) in [6, 6.07) is 17.0. The molecule has 2 N–H and O–H groups in total. The van der Waals surface area contributed by atoms with Crippen molar-refractivity contribution in [1.82, 2.24) is 0 Å². The molecule has 0 saturated carbocycles. The van der Waals surface area contributed by atoms with Crippen molar-refractivity contribution in [3.8, 4) is 6.07 Å². The molecule has 0 radical (unpaired) electrons. The minimum absolute atomic E-state index is 0.0488. The van der Waals surface area contributed by atoms with Crippen molar-refractivity contribution in [3.05, 3.63) is 59.7 Å². The van der Waals surface area contributed by atoms with Crippen molar-refractivity contribution < 1.29 is 4.79 Å². The van der Waals surface area contributed by atoms with Crippen molar-refractivity contribution in [3.63, 3.8) is 0 Å². The van der Waals surface area contributed by atoms with Crippen LogP contribution in [-0.2, 0) is 11.2 Å². The first-order valence-electron chi connectivity index (χ1n) is 6.40. The highest BCUT2D eigenvalue weighted by Crippen LogP contribution is 2.32. The quantitative estimate of drug-likeness (QED) is 0.895. The second kappa shape index (κ2) is 5.06. The largest absolute Gasteiger partial charge is 0.370 e. The second-order valence-corrected chi connectivity index (χ2v) is 4.69. The van der Waals surface area contributed by atoms with E-state index in [9.17, 15) is 4.79 Å². The average Bonchev–Trinajstić information content (AvgIpc) is 2.78. The predicted molar refractivity (Wildman–Crippen MR) is 77.2 cm³/mol. The number of hydrogen-bond acceptors (Lipinski definition) is 3.